The van der Waals surface area contributed by atoms with Crippen molar-refractivity contribution >= 4 is 29.0 Å². The fourth-order valence-corrected chi connectivity index (χ4v) is 3.45. The van der Waals surface area contributed by atoms with E-state index in [1.54, 1.807) is 12.1 Å². The minimum Gasteiger partial charge on any atom is -0.338 e. The number of urea groups is 1. The summed E-state index contributed by atoms with van der Waals surface area (Å²) in [5, 5.41) is 9.15. The summed E-state index contributed by atoms with van der Waals surface area (Å²) in [6, 6.07) is 15.8. The highest BCUT2D eigenvalue weighted by molar-refractivity contribution is 6.30. The smallest absolute Gasteiger partial charge is 0.319 e. The van der Waals surface area contributed by atoms with Gasteiger partial charge >= 0.3 is 6.03 Å². The first kappa shape index (κ1) is 19.7. The second kappa shape index (κ2) is 8.04. The number of carbonyl (C=O) groups excluding carboxylic acids is 1. The lowest BCUT2D eigenvalue weighted by Gasteiger charge is -2.07. The summed E-state index contributed by atoms with van der Waals surface area (Å²) in [5.41, 5.74) is 4.92. The lowest BCUT2D eigenvalue weighted by atomic mass is 10.1. The molecular formula is C22H20ClN5O2. The van der Waals surface area contributed by atoms with Gasteiger partial charge in [-0.2, -0.15) is 0 Å². The molecule has 0 aliphatic carbocycles. The SMILES string of the molecule is CCNC(=O)Nc1ccc(-c2cc(=O)n3[nH]c(C)c(-c4ccc(Cl)cc4)c3n2)cc1. The highest BCUT2D eigenvalue weighted by Crippen LogP contribution is 2.29. The van der Waals surface area contributed by atoms with Crippen molar-refractivity contribution in [1.82, 2.24) is 19.9 Å². The quantitative estimate of drug-likeness (QED) is 0.454. The molecule has 0 unspecified atom stereocenters. The van der Waals surface area contributed by atoms with E-state index in [2.05, 4.69) is 15.7 Å². The Morgan fingerprint density at radius 3 is 2.43 bits per heavy atom. The molecule has 2 aromatic heterocycles. The second-order valence-corrected chi connectivity index (χ2v) is 7.26. The zero-order valence-corrected chi connectivity index (χ0v) is 17.2. The van der Waals surface area contributed by atoms with Crippen molar-refractivity contribution in [1.29, 1.82) is 0 Å². The Morgan fingerprint density at radius 2 is 1.77 bits per heavy atom. The summed E-state index contributed by atoms with van der Waals surface area (Å²) in [7, 11) is 0. The maximum Gasteiger partial charge on any atom is 0.319 e. The number of aromatic nitrogens is 3. The number of hydrogen-bond donors (Lipinski definition) is 3. The molecule has 2 aromatic carbocycles. The predicted octanol–water partition coefficient (Wildman–Crippen LogP) is 4.46. The zero-order valence-electron chi connectivity index (χ0n) is 16.5. The van der Waals surface area contributed by atoms with Crippen molar-refractivity contribution in [2.45, 2.75) is 13.8 Å². The molecule has 2 amide bonds. The van der Waals surface area contributed by atoms with Crippen LogP contribution in [0.5, 0.6) is 0 Å². The monoisotopic (exact) mass is 421 g/mol. The molecule has 4 aromatic rings. The summed E-state index contributed by atoms with van der Waals surface area (Å²) >= 11 is 6.01. The van der Waals surface area contributed by atoms with Crippen molar-refractivity contribution in [3.8, 4) is 22.4 Å². The number of aromatic amines is 1. The maximum atomic E-state index is 12.7. The van der Waals surface area contributed by atoms with Crippen molar-refractivity contribution in [2.24, 2.45) is 0 Å². The highest BCUT2D eigenvalue weighted by Gasteiger charge is 2.15. The molecule has 8 heteroatoms. The van der Waals surface area contributed by atoms with Gasteiger partial charge in [0.2, 0.25) is 0 Å². The Balaban J connectivity index is 1.75. The van der Waals surface area contributed by atoms with Crippen LogP contribution < -0.4 is 16.2 Å². The van der Waals surface area contributed by atoms with E-state index < -0.39 is 0 Å². The van der Waals surface area contributed by atoms with Gasteiger partial charge in [0, 0.05) is 40.1 Å². The van der Waals surface area contributed by atoms with Crippen LogP contribution in [-0.2, 0) is 0 Å². The number of benzene rings is 2. The Labute approximate surface area is 177 Å². The number of hydrogen-bond acceptors (Lipinski definition) is 3. The molecule has 30 heavy (non-hydrogen) atoms. The van der Waals surface area contributed by atoms with Crippen LogP contribution in [0.3, 0.4) is 0 Å². The summed E-state index contributed by atoms with van der Waals surface area (Å²) in [6.07, 6.45) is 0. The minimum atomic E-state index is -0.265. The summed E-state index contributed by atoms with van der Waals surface area (Å²) in [5.74, 6) is 0. The largest absolute Gasteiger partial charge is 0.338 e. The third-order valence-electron chi connectivity index (χ3n) is 4.71. The van der Waals surface area contributed by atoms with Crippen LogP contribution in [-0.4, -0.2) is 27.2 Å². The lowest BCUT2D eigenvalue weighted by molar-refractivity contribution is 0.252. The van der Waals surface area contributed by atoms with Crippen LogP contribution in [0, 0.1) is 6.92 Å². The van der Waals surface area contributed by atoms with Crippen molar-refractivity contribution in [2.75, 3.05) is 11.9 Å². The average molecular weight is 422 g/mol. The van der Waals surface area contributed by atoms with Crippen molar-refractivity contribution in [3.05, 3.63) is 75.7 Å². The van der Waals surface area contributed by atoms with Gasteiger partial charge in [-0.3, -0.25) is 9.89 Å². The van der Waals surface area contributed by atoms with Gasteiger partial charge in [0.05, 0.1) is 5.69 Å². The molecule has 0 aliphatic heterocycles. The van der Waals surface area contributed by atoms with E-state index in [0.29, 0.717) is 28.6 Å². The van der Waals surface area contributed by atoms with Crippen LogP contribution in [0.4, 0.5) is 10.5 Å². The molecule has 152 valence electrons. The molecule has 0 atom stereocenters. The molecule has 0 aliphatic rings. The van der Waals surface area contributed by atoms with Gasteiger partial charge in [-0.05, 0) is 43.7 Å². The van der Waals surface area contributed by atoms with Crippen LogP contribution in [0.15, 0.2) is 59.4 Å². The van der Waals surface area contributed by atoms with E-state index >= 15 is 0 Å². The van der Waals surface area contributed by atoms with Gasteiger partial charge in [0.15, 0.2) is 5.65 Å². The van der Waals surface area contributed by atoms with E-state index in [1.807, 2.05) is 50.2 Å². The number of aryl methyl sites for hydroxylation is 1. The first-order chi connectivity index (χ1) is 14.5. The molecule has 2 heterocycles. The van der Waals surface area contributed by atoms with E-state index in [1.165, 1.54) is 10.6 Å². The zero-order chi connectivity index (χ0) is 21.3. The van der Waals surface area contributed by atoms with Crippen LogP contribution in [0.1, 0.15) is 12.6 Å². The Hall–Kier alpha value is -3.58. The van der Waals surface area contributed by atoms with Gasteiger partial charge < -0.3 is 10.6 Å². The molecule has 0 radical (unpaired) electrons. The van der Waals surface area contributed by atoms with Crippen molar-refractivity contribution in [3.63, 3.8) is 0 Å². The number of fused-ring (bicyclic) bond motifs is 1. The van der Waals surface area contributed by atoms with Gasteiger partial charge in [-0.15, -0.1) is 0 Å². The molecule has 0 saturated carbocycles. The van der Waals surface area contributed by atoms with E-state index in [4.69, 9.17) is 16.6 Å². The Bertz CT molecular complexity index is 1270. The second-order valence-electron chi connectivity index (χ2n) is 6.82. The number of anilines is 1. The molecule has 0 saturated heterocycles. The molecule has 7 nitrogen and oxygen atoms in total. The summed E-state index contributed by atoms with van der Waals surface area (Å²) < 4.78 is 1.44. The third-order valence-corrected chi connectivity index (χ3v) is 4.96. The molecule has 4 rings (SSSR count). The third kappa shape index (κ3) is 3.79. The normalized spacial score (nSPS) is 10.9. The number of nitrogens with zero attached hydrogens (tertiary/aromatic N) is 2. The van der Waals surface area contributed by atoms with Gasteiger partial charge in [0.25, 0.3) is 5.56 Å². The van der Waals surface area contributed by atoms with Crippen molar-refractivity contribution < 1.29 is 4.79 Å². The minimum absolute atomic E-state index is 0.206. The fraction of sp³-hybridized carbons (Fsp3) is 0.136. The van der Waals surface area contributed by atoms with Gasteiger partial charge in [-0.25, -0.2) is 14.3 Å². The number of rotatable bonds is 4. The average Bonchev–Trinajstić information content (AvgIpc) is 3.06. The topological polar surface area (TPSA) is 91.3 Å². The highest BCUT2D eigenvalue weighted by atomic mass is 35.5. The number of H-pyrrole nitrogens is 1. The fourth-order valence-electron chi connectivity index (χ4n) is 3.32. The predicted molar refractivity (Wildman–Crippen MR) is 119 cm³/mol. The van der Waals surface area contributed by atoms with E-state index in [0.717, 1.165) is 22.4 Å². The Kier molecular flexibility index (Phi) is 5.29. The van der Waals surface area contributed by atoms with E-state index in [9.17, 15) is 9.59 Å². The number of amides is 2. The van der Waals surface area contributed by atoms with E-state index in [-0.39, 0.29) is 11.6 Å². The number of halogens is 1. The molecule has 0 fully saturated rings. The Morgan fingerprint density at radius 1 is 1.10 bits per heavy atom. The number of nitrogens with one attached hydrogen (secondary N) is 3. The number of carbonyl (C=O) groups is 1. The van der Waals surface area contributed by atoms with Gasteiger partial charge in [-0.1, -0.05) is 35.9 Å². The van der Waals surface area contributed by atoms with Gasteiger partial charge in [0.1, 0.15) is 0 Å². The molecule has 3 N–H and O–H groups in total. The molecule has 0 bridgehead atoms. The van der Waals surface area contributed by atoms with Crippen LogP contribution in [0.2, 0.25) is 5.02 Å². The summed E-state index contributed by atoms with van der Waals surface area (Å²) in [4.78, 5) is 29.1. The first-order valence-corrected chi connectivity index (χ1v) is 9.87. The lowest BCUT2D eigenvalue weighted by Crippen LogP contribution is -2.28. The van der Waals surface area contributed by atoms with Crippen LogP contribution >= 0.6 is 11.6 Å². The molecular weight excluding hydrogens is 402 g/mol. The molecule has 0 spiro atoms. The maximum absolute atomic E-state index is 12.7. The van der Waals surface area contributed by atoms with Crippen LogP contribution in [0.25, 0.3) is 28.0 Å². The summed E-state index contributed by atoms with van der Waals surface area (Å²) in [6.45, 7) is 4.30. The first-order valence-electron chi connectivity index (χ1n) is 9.50. The standard InChI is InChI=1S/C22H20ClN5O2/c1-3-24-22(30)25-17-10-6-14(7-11-17)18-12-19(29)28-21(26-18)20(13(2)27-28)15-4-8-16(23)9-5-15/h4-12,27H,3H2,1-2H3,(H2,24,25,30).